The van der Waals surface area contributed by atoms with E-state index in [1.165, 1.54) is 12.8 Å². The molecular formula is C15H26N2O2S. The summed E-state index contributed by atoms with van der Waals surface area (Å²) in [5.74, 6) is 0.329. The Kier molecular flexibility index (Phi) is 5.35. The van der Waals surface area contributed by atoms with Crippen molar-refractivity contribution >= 4 is 23.6 Å². The van der Waals surface area contributed by atoms with Crippen LogP contribution in [0, 0.1) is 5.92 Å². The Balaban J connectivity index is 2.16. The summed E-state index contributed by atoms with van der Waals surface area (Å²) < 4.78 is 0. The molecule has 2 rings (SSSR count). The molecule has 2 amide bonds. The van der Waals surface area contributed by atoms with Gasteiger partial charge in [0.1, 0.15) is 6.04 Å². The molecule has 0 spiro atoms. The van der Waals surface area contributed by atoms with Gasteiger partial charge in [-0.15, -0.1) is 0 Å². The lowest BCUT2D eigenvalue weighted by Gasteiger charge is -2.44. The lowest BCUT2D eigenvalue weighted by Crippen LogP contribution is -2.64. The van der Waals surface area contributed by atoms with Gasteiger partial charge < -0.3 is 10.2 Å². The van der Waals surface area contributed by atoms with Crippen molar-refractivity contribution < 1.29 is 9.59 Å². The average molecular weight is 298 g/mol. The lowest BCUT2D eigenvalue weighted by atomic mass is 9.90. The zero-order valence-electron chi connectivity index (χ0n) is 12.7. The zero-order valence-corrected chi connectivity index (χ0v) is 13.5. The van der Waals surface area contributed by atoms with E-state index >= 15 is 0 Å². The van der Waals surface area contributed by atoms with Gasteiger partial charge in [-0.25, -0.2) is 0 Å². The van der Waals surface area contributed by atoms with E-state index in [-0.39, 0.29) is 36.4 Å². The summed E-state index contributed by atoms with van der Waals surface area (Å²) in [5.41, 5.74) is 0. The molecule has 5 heteroatoms. The van der Waals surface area contributed by atoms with Gasteiger partial charge in [0.15, 0.2) is 0 Å². The van der Waals surface area contributed by atoms with Gasteiger partial charge >= 0.3 is 0 Å². The number of hydrogen-bond acceptors (Lipinski definition) is 3. The van der Waals surface area contributed by atoms with E-state index in [9.17, 15) is 9.59 Å². The van der Waals surface area contributed by atoms with Gasteiger partial charge in [-0.3, -0.25) is 9.59 Å². The normalized spacial score (nSPS) is 33.0. The van der Waals surface area contributed by atoms with Crippen molar-refractivity contribution in [3.63, 3.8) is 0 Å². The van der Waals surface area contributed by atoms with Crippen LogP contribution in [-0.4, -0.2) is 46.8 Å². The number of amides is 2. The first kappa shape index (κ1) is 15.7. The van der Waals surface area contributed by atoms with Crippen molar-refractivity contribution in [2.24, 2.45) is 5.92 Å². The molecule has 0 radical (unpaired) electrons. The molecule has 1 saturated carbocycles. The largest absolute Gasteiger partial charge is 0.342 e. The molecule has 1 aliphatic carbocycles. The zero-order chi connectivity index (χ0) is 14.7. The first-order valence-electron chi connectivity index (χ1n) is 7.71. The fourth-order valence-corrected chi connectivity index (χ4v) is 4.30. The van der Waals surface area contributed by atoms with E-state index in [2.05, 4.69) is 18.5 Å². The standard InChI is InChI=1S/C15H26N2O2S/c1-4-10(2)14-15(19)17(9-13(18)16-14)11-7-5-6-8-12(11)20-3/h10-12,14H,4-9H2,1-3H3,(H,16,18). The Morgan fingerprint density at radius 1 is 1.35 bits per heavy atom. The van der Waals surface area contributed by atoms with E-state index in [1.807, 2.05) is 23.6 Å². The number of nitrogens with one attached hydrogen (secondary N) is 1. The van der Waals surface area contributed by atoms with Crippen LogP contribution in [0.25, 0.3) is 0 Å². The molecule has 1 aliphatic heterocycles. The number of nitrogens with zero attached hydrogens (tertiary/aromatic N) is 1. The predicted octanol–water partition coefficient (Wildman–Crippen LogP) is 2.03. The monoisotopic (exact) mass is 298 g/mol. The first-order chi connectivity index (χ1) is 9.58. The Morgan fingerprint density at radius 2 is 2.05 bits per heavy atom. The van der Waals surface area contributed by atoms with Crippen molar-refractivity contribution in [3.05, 3.63) is 0 Å². The number of hydrogen-bond donors (Lipinski definition) is 1. The molecule has 1 N–H and O–H groups in total. The second kappa shape index (κ2) is 6.83. The Hall–Kier alpha value is -0.710. The van der Waals surface area contributed by atoms with Crippen molar-refractivity contribution in [1.82, 2.24) is 10.2 Å². The molecule has 0 aromatic carbocycles. The van der Waals surface area contributed by atoms with Crippen LogP contribution in [0.1, 0.15) is 46.0 Å². The maximum Gasteiger partial charge on any atom is 0.246 e. The maximum absolute atomic E-state index is 12.7. The summed E-state index contributed by atoms with van der Waals surface area (Å²) >= 11 is 1.84. The van der Waals surface area contributed by atoms with E-state index in [0.29, 0.717) is 5.25 Å². The van der Waals surface area contributed by atoms with Crippen molar-refractivity contribution in [2.45, 2.75) is 63.3 Å². The summed E-state index contributed by atoms with van der Waals surface area (Å²) in [7, 11) is 0. The highest BCUT2D eigenvalue weighted by molar-refractivity contribution is 7.99. The van der Waals surface area contributed by atoms with Crippen LogP contribution in [0.4, 0.5) is 0 Å². The predicted molar refractivity (Wildman–Crippen MR) is 82.7 cm³/mol. The molecule has 20 heavy (non-hydrogen) atoms. The minimum absolute atomic E-state index is 0.000302. The topological polar surface area (TPSA) is 49.4 Å². The smallest absolute Gasteiger partial charge is 0.246 e. The van der Waals surface area contributed by atoms with Crippen LogP contribution in [0.15, 0.2) is 0 Å². The molecule has 0 aromatic rings. The third-order valence-corrected chi connectivity index (χ3v) is 5.92. The fraction of sp³-hybridized carbons (Fsp3) is 0.867. The van der Waals surface area contributed by atoms with E-state index in [0.717, 1.165) is 19.3 Å². The van der Waals surface area contributed by atoms with E-state index in [4.69, 9.17) is 0 Å². The third kappa shape index (κ3) is 3.13. The highest BCUT2D eigenvalue weighted by Gasteiger charge is 2.41. The number of carbonyl (C=O) groups is 2. The molecule has 1 heterocycles. The molecule has 2 aliphatic rings. The maximum atomic E-state index is 12.7. The first-order valence-corrected chi connectivity index (χ1v) is 8.99. The molecule has 4 nitrogen and oxygen atoms in total. The minimum atomic E-state index is -0.328. The van der Waals surface area contributed by atoms with Crippen LogP contribution in [-0.2, 0) is 9.59 Å². The van der Waals surface area contributed by atoms with Gasteiger partial charge in [-0.1, -0.05) is 33.1 Å². The highest BCUT2D eigenvalue weighted by Crippen LogP contribution is 2.32. The molecular weight excluding hydrogens is 272 g/mol. The molecule has 4 unspecified atom stereocenters. The van der Waals surface area contributed by atoms with Crippen LogP contribution >= 0.6 is 11.8 Å². The number of rotatable bonds is 4. The quantitative estimate of drug-likeness (QED) is 0.864. The Morgan fingerprint density at radius 3 is 2.70 bits per heavy atom. The van der Waals surface area contributed by atoms with Crippen LogP contribution in [0.2, 0.25) is 0 Å². The highest BCUT2D eigenvalue weighted by atomic mass is 32.2. The lowest BCUT2D eigenvalue weighted by molar-refractivity contribution is -0.148. The number of carbonyl (C=O) groups excluding carboxylic acids is 2. The number of thioether (sulfide) groups is 1. The van der Waals surface area contributed by atoms with Crippen molar-refractivity contribution in [3.8, 4) is 0 Å². The van der Waals surface area contributed by atoms with Gasteiger partial charge in [0, 0.05) is 11.3 Å². The van der Waals surface area contributed by atoms with Crippen LogP contribution in [0.5, 0.6) is 0 Å². The molecule has 1 saturated heterocycles. The van der Waals surface area contributed by atoms with Gasteiger partial charge in [-0.2, -0.15) is 11.8 Å². The average Bonchev–Trinajstić information content (AvgIpc) is 2.48. The van der Waals surface area contributed by atoms with Gasteiger partial charge in [0.05, 0.1) is 6.54 Å². The van der Waals surface area contributed by atoms with Crippen LogP contribution in [0.3, 0.4) is 0 Å². The van der Waals surface area contributed by atoms with E-state index in [1.54, 1.807) is 0 Å². The van der Waals surface area contributed by atoms with Crippen molar-refractivity contribution in [2.75, 3.05) is 12.8 Å². The number of piperazine rings is 1. The molecule has 0 bridgehead atoms. The summed E-state index contributed by atoms with van der Waals surface area (Å²) in [5, 5.41) is 3.36. The SMILES string of the molecule is CCC(C)C1NC(=O)CN(C2CCCCC2SC)C1=O. The Bertz CT molecular complexity index is 375. The Labute approximate surface area is 126 Å². The summed E-state index contributed by atoms with van der Waals surface area (Å²) in [6.45, 7) is 4.35. The summed E-state index contributed by atoms with van der Waals surface area (Å²) in [4.78, 5) is 26.6. The molecule has 4 atom stereocenters. The third-order valence-electron chi connectivity index (χ3n) is 4.76. The van der Waals surface area contributed by atoms with Gasteiger partial charge in [-0.05, 0) is 25.0 Å². The van der Waals surface area contributed by atoms with E-state index < -0.39 is 0 Å². The second-order valence-corrected chi connectivity index (χ2v) is 7.10. The molecule has 114 valence electrons. The summed E-state index contributed by atoms with van der Waals surface area (Å²) in [6, 6.07) is -0.0884. The summed E-state index contributed by atoms with van der Waals surface area (Å²) in [6.07, 6.45) is 7.62. The molecule has 2 fully saturated rings. The second-order valence-electron chi connectivity index (χ2n) is 6.02. The van der Waals surface area contributed by atoms with Crippen molar-refractivity contribution in [1.29, 1.82) is 0 Å². The van der Waals surface area contributed by atoms with Gasteiger partial charge in [0.25, 0.3) is 0 Å². The minimum Gasteiger partial charge on any atom is -0.342 e. The molecule has 0 aromatic heterocycles. The fourth-order valence-electron chi connectivity index (χ4n) is 3.30. The van der Waals surface area contributed by atoms with Crippen LogP contribution < -0.4 is 5.32 Å². The van der Waals surface area contributed by atoms with Gasteiger partial charge in [0.2, 0.25) is 11.8 Å².